The van der Waals surface area contributed by atoms with Gasteiger partial charge in [-0.15, -0.1) is 5.10 Å². The van der Waals surface area contributed by atoms with E-state index < -0.39 is 0 Å². The Labute approximate surface area is 193 Å². The monoisotopic (exact) mass is 449 g/mol. The molecule has 0 bridgehead atoms. The maximum atomic E-state index is 12.5. The summed E-state index contributed by atoms with van der Waals surface area (Å²) >= 11 is 0. The zero-order valence-electron chi connectivity index (χ0n) is 19.0. The van der Waals surface area contributed by atoms with E-state index in [9.17, 15) is 4.79 Å². The topological polar surface area (TPSA) is 101 Å². The van der Waals surface area contributed by atoms with Crippen molar-refractivity contribution in [3.05, 3.63) is 47.9 Å². The van der Waals surface area contributed by atoms with Crippen molar-refractivity contribution in [3.8, 4) is 17.0 Å². The largest absolute Gasteiger partial charge is 0.497 e. The first kappa shape index (κ1) is 21.6. The zero-order valence-corrected chi connectivity index (χ0v) is 19.0. The van der Waals surface area contributed by atoms with Gasteiger partial charge in [0, 0.05) is 29.8 Å². The number of hydrogen-bond donors (Lipinski definition) is 2. The van der Waals surface area contributed by atoms with Crippen molar-refractivity contribution < 1.29 is 9.53 Å². The molecule has 5 rings (SSSR count). The van der Waals surface area contributed by atoms with Crippen molar-refractivity contribution in [1.29, 1.82) is 0 Å². The minimum absolute atomic E-state index is 0.113. The lowest BCUT2D eigenvalue weighted by atomic mass is 10.1. The zero-order chi connectivity index (χ0) is 22.6. The molecule has 1 atom stereocenters. The highest BCUT2D eigenvalue weighted by Crippen LogP contribution is 2.28. The van der Waals surface area contributed by atoms with Crippen LogP contribution in [0.25, 0.3) is 11.3 Å². The Bertz CT molecular complexity index is 1090. The molecule has 1 saturated carbocycles. The number of likely N-dealkylation sites (tertiary alicyclic amines) is 1. The lowest BCUT2D eigenvalue weighted by Gasteiger charge is -2.24. The summed E-state index contributed by atoms with van der Waals surface area (Å²) < 4.78 is 7.19. The van der Waals surface area contributed by atoms with Crippen LogP contribution in [-0.2, 0) is 13.1 Å². The van der Waals surface area contributed by atoms with E-state index in [1.54, 1.807) is 13.3 Å². The van der Waals surface area contributed by atoms with Crippen molar-refractivity contribution in [2.24, 2.45) is 0 Å². The first-order valence-corrected chi connectivity index (χ1v) is 11.8. The Morgan fingerprint density at radius 3 is 2.97 bits per heavy atom. The van der Waals surface area contributed by atoms with Gasteiger partial charge in [0.15, 0.2) is 5.69 Å². The van der Waals surface area contributed by atoms with Crippen molar-refractivity contribution in [3.63, 3.8) is 0 Å². The number of amides is 1. The van der Waals surface area contributed by atoms with Crippen LogP contribution in [0.5, 0.6) is 5.75 Å². The van der Waals surface area contributed by atoms with Crippen LogP contribution in [0.3, 0.4) is 0 Å². The first-order chi connectivity index (χ1) is 16.2. The van der Waals surface area contributed by atoms with Gasteiger partial charge in [0.25, 0.3) is 5.91 Å². The van der Waals surface area contributed by atoms with Crippen molar-refractivity contribution in [1.82, 2.24) is 35.4 Å². The van der Waals surface area contributed by atoms with Gasteiger partial charge in [0.1, 0.15) is 5.75 Å². The minimum atomic E-state index is -0.113. The number of nitrogens with one attached hydrogen (secondary N) is 2. The molecule has 2 aliphatic rings. The van der Waals surface area contributed by atoms with Gasteiger partial charge in [-0.3, -0.25) is 19.5 Å². The van der Waals surface area contributed by atoms with Gasteiger partial charge in [-0.1, -0.05) is 30.2 Å². The third-order valence-electron chi connectivity index (χ3n) is 6.81. The van der Waals surface area contributed by atoms with Crippen LogP contribution in [-0.4, -0.2) is 61.7 Å². The summed E-state index contributed by atoms with van der Waals surface area (Å²) in [6.07, 6.45) is 10.4. The van der Waals surface area contributed by atoms with Gasteiger partial charge in [-0.25, -0.2) is 0 Å². The van der Waals surface area contributed by atoms with E-state index in [4.69, 9.17) is 4.74 Å². The SMILES string of the molecule is COc1cccc(-c2[nH]ncc2CN2CCC[C@H]2Cn2cc(C(=O)NC3CCCC3)nn2)c1. The Morgan fingerprint density at radius 1 is 1.24 bits per heavy atom. The Balaban J connectivity index is 1.23. The normalized spacial score (nSPS) is 19.2. The first-order valence-electron chi connectivity index (χ1n) is 11.8. The van der Waals surface area contributed by atoms with Crippen LogP contribution in [0, 0.1) is 0 Å². The van der Waals surface area contributed by atoms with Gasteiger partial charge in [0.2, 0.25) is 0 Å². The molecule has 2 aromatic heterocycles. The number of aromatic amines is 1. The van der Waals surface area contributed by atoms with Crippen LogP contribution >= 0.6 is 0 Å². The molecule has 9 nitrogen and oxygen atoms in total. The van der Waals surface area contributed by atoms with E-state index in [0.717, 1.165) is 67.9 Å². The molecule has 1 aliphatic carbocycles. The molecule has 0 unspecified atom stereocenters. The lowest BCUT2D eigenvalue weighted by molar-refractivity contribution is 0.0932. The molecule has 9 heteroatoms. The van der Waals surface area contributed by atoms with Crippen LogP contribution in [0.1, 0.15) is 54.6 Å². The highest BCUT2D eigenvalue weighted by molar-refractivity contribution is 5.92. The summed E-state index contributed by atoms with van der Waals surface area (Å²) in [7, 11) is 1.68. The second-order valence-electron chi connectivity index (χ2n) is 9.05. The predicted octanol–water partition coefficient (Wildman–Crippen LogP) is 3.01. The van der Waals surface area contributed by atoms with E-state index >= 15 is 0 Å². The number of benzene rings is 1. The fourth-order valence-corrected chi connectivity index (χ4v) is 5.03. The number of H-pyrrole nitrogens is 1. The van der Waals surface area contributed by atoms with Gasteiger partial charge in [0.05, 0.1) is 31.7 Å². The number of aromatic nitrogens is 5. The molecule has 1 aliphatic heterocycles. The Kier molecular flexibility index (Phi) is 6.39. The summed E-state index contributed by atoms with van der Waals surface area (Å²) in [6, 6.07) is 8.63. The molecule has 174 valence electrons. The molecule has 0 spiro atoms. The molecule has 1 amide bonds. The third-order valence-corrected chi connectivity index (χ3v) is 6.81. The average molecular weight is 450 g/mol. The standard InChI is InChI=1S/C24H31N7O2/c1-33-21-10-4-6-17(12-21)23-18(13-25-28-23)14-30-11-5-9-20(30)15-31-16-22(27-29-31)24(32)26-19-7-2-3-8-19/h4,6,10,12-13,16,19-20H,2-3,5,7-9,11,14-15H2,1H3,(H,25,28)(H,26,32)/t20-/m0/s1. The minimum Gasteiger partial charge on any atom is -0.497 e. The number of methoxy groups -OCH3 is 1. The van der Waals surface area contributed by atoms with Crippen molar-refractivity contribution in [2.45, 2.75) is 63.7 Å². The molecule has 0 radical (unpaired) electrons. The third kappa shape index (κ3) is 4.93. The maximum Gasteiger partial charge on any atom is 0.273 e. The molecule has 3 aromatic rings. The van der Waals surface area contributed by atoms with E-state index in [2.05, 4.69) is 36.8 Å². The van der Waals surface area contributed by atoms with Crippen LogP contribution in [0.2, 0.25) is 0 Å². The van der Waals surface area contributed by atoms with Gasteiger partial charge < -0.3 is 10.1 Å². The average Bonchev–Trinajstić information content (AvgIpc) is 3.63. The highest BCUT2D eigenvalue weighted by atomic mass is 16.5. The predicted molar refractivity (Wildman–Crippen MR) is 124 cm³/mol. The lowest BCUT2D eigenvalue weighted by Crippen LogP contribution is -2.33. The van der Waals surface area contributed by atoms with Gasteiger partial charge >= 0.3 is 0 Å². The number of ether oxygens (including phenoxy) is 1. The number of nitrogens with zero attached hydrogens (tertiary/aromatic N) is 5. The van der Waals surface area contributed by atoms with E-state index in [-0.39, 0.29) is 11.9 Å². The number of carbonyl (C=O) groups excluding carboxylic acids is 1. The van der Waals surface area contributed by atoms with Gasteiger partial charge in [-0.2, -0.15) is 5.10 Å². The number of rotatable bonds is 8. The molecular formula is C24H31N7O2. The molecule has 1 saturated heterocycles. The summed E-state index contributed by atoms with van der Waals surface area (Å²) in [5.41, 5.74) is 3.64. The van der Waals surface area contributed by atoms with Crippen LogP contribution < -0.4 is 10.1 Å². The van der Waals surface area contributed by atoms with E-state index in [0.29, 0.717) is 11.7 Å². The van der Waals surface area contributed by atoms with Crippen LogP contribution in [0.15, 0.2) is 36.7 Å². The molecular weight excluding hydrogens is 418 g/mol. The second-order valence-corrected chi connectivity index (χ2v) is 9.05. The Hall–Kier alpha value is -3.20. The summed E-state index contributed by atoms with van der Waals surface area (Å²) in [4.78, 5) is 15.0. The van der Waals surface area contributed by atoms with Gasteiger partial charge in [-0.05, 0) is 44.4 Å². The Morgan fingerprint density at radius 2 is 2.12 bits per heavy atom. The van der Waals surface area contributed by atoms with E-state index in [1.165, 1.54) is 12.8 Å². The molecule has 1 aromatic carbocycles. The summed E-state index contributed by atoms with van der Waals surface area (Å²) in [5.74, 6) is 0.712. The molecule has 2 fully saturated rings. The molecule has 2 N–H and O–H groups in total. The van der Waals surface area contributed by atoms with E-state index in [1.807, 2.05) is 29.1 Å². The number of hydrogen-bond acceptors (Lipinski definition) is 6. The summed E-state index contributed by atoms with van der Waals surface area (Å²) in [5, 5.41) is 18.9. The fourth-order valence-electron chi connectivity index (χ4n) is 5.03. The smallest absolute Gasteiger partial charge is 0.273 e. The maximum absolute atomic E-state index is 12.5. The number of carbonyl (C=O) groups is 1. The second kappa shape index (κ2) is 9.74. The highest BCUT2D eigenvalue weighted by Gasteiger charge is 2.27. The van der Waals surface area contributed by atoms with Crippen LogP contribution in [0.4, 0.5) is 0 Å². The summed E-state index contributed by atoms with van der Waals surface area (Å²) in [6.45, 7) is 2.55. The van der Waals surface area contributed by atoms with Crippen molar-refractivity contribution in [2.75, 3.05) is 13.7 Å². The quantitative estimate of drug-likeness (QED) is 0.548. The molecule has 3 heterocycles. The molecule has 33 heavy (non-hydrogen) atoms. The van der Waals surface area contributed by atoms with Crippen molar-refractivity contribution >= 4 is 5.91 Å². The fraction of sp³-hybridized carbons (Fsp3) is 0.500.